The Morgan fingerprint density at radius 3 is 2.12 bits per heavy atom. The molecule has 1 unspecified atom stereocenters. The van der Waals surface area contributed by atoms with Crippen LogP contribution in [0.3, 0.4) is 0 Å². The Kier molecular flexibility index (Phi) is 7.06. The highest BCUT2D eigenvalue weighted by molar-refractivity contribution is 8.02. The van der Waals surface area contributed by atoms with Gasteiger partial charge in [0.05, 0.1) is 22.1 Å². The van der Waals surface area contributed by atoms with Crippen LogP contribution < -0.4 is 8.61 Å². The van der Waals surface area contributed by atoms with Crippen LogP contribution in [0.2, 0.25) is 0 Å². The van der Waals surface area contributed by atoms with Crippen molar-refractivity contribution in [2.45, 2.75) is 15.3 Å². The minimum Gasteiger partial charge on any atom is -0.308 e. The van der Waals surface area contributed by atoms with E-state index in [1.54, 1.807) is 29.4 Å². The van der Waals surface area contributed by atoms with Crippen molar-refractivity contribution in [3.63, 3.8) is 0 Å². The highest BCUT2D eigenvalue weighted by Gasteiger charge is 2.28. The molecule has 1 atom stereocenters. The number of nitrogens with zero attached hydrogens (tertiary/aromatic N) is 2. The van der Waals surface area contributed by atoms with Crippen molar-refractivity contribution in [2.24, 2.45) is 0 Å². The molecule has 0 saturated heterocycles. The van der Waals surface area contributed by atoms with E-state index >= 15 is 0 Å². The van der Waals surface area contributed by atoms with Gasteiger partial charge in [-0.1, -0.05) is 54.6 Å². The smallest absolute Gasteiger partial charge is 0.163 e. The van der Waals surface area contributed by atoms with Gasteiger partial charge in [-0.2, -0.15) is 0 Å². The number of benzene rings is 3. The first-order valence-electron chi connectivity index (χ1n) is 11.0. The molecule has 0 aliphatic carbocycles. The second-order valence-electron chi connectivity index (χ2n) is 7.65. The number of thiophene rings is 2. The van der Waals surface area contributed by atoms with Crippen LogP contribution >= 0.6 is 34.6 Å². The second-order valence-corrected chi connectivity index (χ2v) is 12.8. The molecule has 7 heteroatoms. The van der Waals surface area contributed by atoms with Gasteiger partial charge in [-0.15, -0.1) is 29.3 Å². The Bertz CT molecular complexity index is 1410. The van der Waals surface area contributed by atoms with E-state index in [0.29, 0.717) is 0 Å². The third-order valence-corrected chi connectivity index (χ3v) is 10.4. The zero-order chi connectivity index (χ0) is 23.5. The number of anilines is 2. The average molecular weight is 521 g/mol. The summed E-state index contributed by atoms with van der Waals surface area (Å²) in [6, 6.07) is 29.4. The zero-order valence-electron chi connectivity index (χ0n) is 18.7. The summed E-state index contributed by atoms with van der Waals surface area (Å²) in [4.78, 5) is 0. The van der Waals surface area contributed by atoms with Crippen LogP contribution in [-0.4, -0.2) is 17.3 Å². The van der Waals surface area contributed by atoms with Gasteiger partial charge < -0.3 is 4.31 Å². The summed E-state index contributed by atoms with van der Waals surface area (Å²) in [7, 11) is -1.22. The number of rotatable bonds is 4. The van der Waals surface area contributed by atoms with Crippen molar-refractivity contribution in [1.29, 1.82) is 0 Å². The van der Waals surface area contributed by atoms with E-state index in [4.69, 9.17) is 0 Å². The Morgan fingerprint density at radius 1 is 0.853 bits per heavy atom. The molecule has 0 amide bonds. The van der Waals surface area contributed by atoms with Gasteiger partial charge in [0.15, 0.2) is 11.0 Å². The molecular weight excluding hydrogens is 497 g/mol. The standard InChI is InChI=1S/C24H18N2OS4.C3H6/c27-31(24-16-18-8-2-6-12-22(18)29-24)26-14-13-25(19-9-3-4-10-20(19)26)30-23-15-17-7-1-5-11-21(17)28-23;1-3-2/h1-12,15-16H,13-14H2;3H,1H2,2H3. The molecule has 0 radical (unpaired) electrons. The summed E-state index contributed by atoms with van der Waals surface area (Å²) in [5.74, 6) is 0. The summed E-state index contributed by atoms with van der Waals surface area (Å²) in [6.07, 6.45) is 1.75. The fraction of sp³-hybridized carbons (Fsp3) is 0.111. The van der Waals surface area contributed by atoms with Crippen LogP contribution in [0, 0.1) is 0 Å². The fourth-order valence-electron chi connectivity index (χ4n) is 3.84. The van der Waals surface area contributed by atoms with Crippen molar-refractivity contribution >= 4 is 77.2 Å². The molecule has 3 aromatic carbocycles. The van der Waals surface area contributed by atoms with Crippen LogP contribution in [0.25, 0.3) is 20.2 Å². The number of fused-ring (bicyclic) bond motifs is 3. The predicted octanol–water partition coefficient (Wildman–Crippen LogP) is 8.36. The third kappa shape index (κ3) is 4.66. The van der Waals surface area contributed by atoms with E-state index in [1.807, 2.05) is 40.8 Å². The molecule has 0 spiro atoms. The molecule has 0 fully saturated rings. The molecule has 1 aliphatic rings. The molecule has 172 valence electrons. The number of allylic oxidation sites excluding steroid dienone is 1. The Hall–Kier alpha value is -2.58. The van der Waals surface area contributed by atoms with E-state index in [2.05, 4.69) is 77.6 Å². The predicted molar refractivity (Wildman–Crippen MR) is 153 cm³/mol. The summed E-state index contributed by atoms with van der Waals surface area (Å²) in [5, 5.41) is 2.44. The molecule has 0 N–H and O–H groups in total. The van der Waals surface area contributed by atoms with Crippen molar-refractivity contribution in [1.82, 2.24) is 0 Å². The SMILES string of the molecule is C=CC.O=S(c1cc2ccccc2s1)N1CCN(Sc2cc3ccccc3s2)c2ccccc21. The highest BCUT2D eigenvalue weighted by atomic mass is 32.2. The molecular formula is C27H24N2OS4. The van der Waals surface area contributed by atoms with Crippen LogP contribution in [0.5, 0.6) is 0 Å². The van der Waals surface area contributed by atoms with Gasteiger partial charge >= 0.3 is 0 Å². The van der Waals surface area contributed by atoms with E-state index in [0.717, 1.165) is 34.1 Å². The Morgan fingerprint density at radius 2 is 1.44 bits per heavy atom. The van der Waals surface area contributed by atoms with Crippen molar-refractivity contribution in [3.8, 4) is 0 Å². The average Bonchev–Trinajstić information content (AvgIpc) is 3.48. The molecule has 3 nitrogen and oxygen atoms in total. The number of para-hydroxylation sites is 2. The first-order chi connectivity index (χ1) is 16.7. The highest BCUT2D eigenvalue weighted by Crippen LogP contribution is 2.43. The molecule has 5 aromatic rings. The monoisotopic (exact) mass is 520 g/mol. The fourth-order valence-corrected chi connectivity index (χ4v) is 8.79. The molecule has 3 heterocycles. The van der Waals surface area contributed by atoms with Gasteiger partial charge in [0.1, 0.15) is 4.21 Å². The van der Waals surface area contributed by atoms with Crippen molar-refractivity contribution in [3.05, 3.63) is 97.6 Å². The summed E-state index contributed by atoms with van der Waals surface area (Å²) in [6.45, 7) is 6.78. The quantitative estimate of drug-likeness (QED) is 0.176. The molecule has 1 aliphatic heterocycles. The lowest BCUT2D eigenvalue weighted by Crippen LogP contribution is -2.38. The van der Waals surface area contributed by atoms with Gasteiger partial charge in [0.25, 0.3) is 0 Å². The van der Waals surface area contributed by atoms with E-state index in [1.165, 1.54) is 19.0 Å². The van der Waals surface area contributed by atoms with Gasteiger partial charge in [-0.25, -0.2) is 4.21 Å². The molecule has 6 rings (SSSR count). The molecule has 0 bridgehead atoms. The maximum absolute atomic E-state index is 13.5. The molecule has 0 saturated carbocycles. The zero-order valence-corrected chi connectivity index (χ0v) is 22.0. The first kappa shape index (κ1) is 23.2. The largest absolute Gasteiger partial charge is 0.308 e. The second kappa shape index (κ2) is 10.4. The van der Waals surface area contributed by atoms with Gasteiger partial charge in [-0.3, -0.25) is 4.31 Å². The minimum atomic E-state index is -1.22. The lowest BCUT2D eigenvalue weighted by atomic mass is 10.2. The Balaban J connectivity index is 0.000000764. The van der Waals surface area contributed by atoms with Crippen LogP contribution in [0.4, 0.5) is 11.4 Å². The van der Waals surface area contributed by atoms with E-state index < -0.39 is 11.0 Å². The van der Waals surface area contributed by atoms with Crippen molar-refractivity contribution in [2.75, 3.05) is 21.7 Å². The summed E-state index contributed by atoms with van der Waals surface area (Å²) >= 11 is 5.22. The molecule has 34 heavy (non-hydrogen) atoms. The van der Waals surface area contributed by atoms with E-state index in [9.17, 15) is 4.21 Å². The summed E-state index contributed by atoms with van der Waals surface area (Å²) in [5.41, 5.74) is 2.14. The maximum atomic E-state index is 13.5. The van der Waals surface area contributed by atoms with Crippen molar-refractivity contribution < 1.29 is 4.21 Å². The van der Waals surface area contributed by atoms with Crippen LogP contribution in [-0.2, 0) is 11.0 Å². The normalized spacial score (nSPS) is 13.9. The lowest BCUT2D eigenvalue weighted by molar-refractivity contribution is 0.679. The Labute approximate surface area is 215 Å². The van der Waals surface area contributed by atoms with E-state index in [-0.39, 0.29) is 0 Å². The van der Waals surface area contributed by atoms with Gasteiger partial charge in [0.2, 0.25) is 0 Å². The van der Waals surface area contributed by atoms with Crippen LogP contribution in [0.1, 0.15) is 6.92 Å². The van der Waals surface area contributed by atoms with Crippen LogP contribution in [0.15, 0.2) is 106 Å². The maximum Gasteiger partial charge on any atom is 0.163 e. The lowest BCUT2D eigenvalue weighted by Gasteiger charge is -2.36. The minimum absolute atomic E-state index is 0.718. The summed E-state index contributed by atoms with van der Waals surface area (Å²) < 4.78 is 22.6. The first-order valence-corrected chi connectivity index (χ1v) is 14.5. The number of hydrogen-bond donors (Lipinski definition) is 0. The van der Waals surface area contributed by atoms with Gasteiger partial charge in [0, 0.05) is 15.9 Å². The topological polar surface area (TPSA) is 23.6 Å². The van der Waals surface area contributed by atoms with Gasteiger partial charge in [-0.05, 0) is 66.0 Å². The number of hydrogen-bond acceptors (Lipinski definition) is 5. The molecule has 2 aromatic heterocycles. The third-order valence-electron chi connectivity index (χ3n) is 5.30.